The van der Waals surface area contributed by atoms with Gasteiger partial charge < -0.3 is 14.3 Å². The summed E-state index contributed by atoms with van der Waals surface area (Å²) in [6.07, 6.45) is 7.98. The number of rotatable bonds is 8. The number of fused-ring (bicyclic) bond motifs is 3. The summed E-state index contributed by atoms with van der Waals surface area (Å²) in [4.78, 5) is 23.0. The molecule has 0 saturated heterocycles. The van der Waals surface area contributed by atoms with Gasteiger partial charge in [0.15, 0.2) is 6.61 Å². The molecule has 25 heavy (non-hydrogen) atoms. The van der Waals surface area contributed by atoms with Gasteiger partial charge in [-0.15, -0.1) is 0 Å². The van der Waals surface area contributed by atoms with E-state index < -0.39 is 12.6 Å². The second-order valence-corrected chi connectivity index (χ2v) is 6.65. The highest BCUT2D eigenvalue weighted by Crippen LogP contribution is 2.33. The van der Waals surface area contributed by atoms with Crippen molar-refractivity contribution in [3.05, 3.63) is 39.2 Å². The number of benzene rings is 1. The highest BCUT2D eigenvalue weighted by molar-refractivity contribution is 5.84. The van der Waals surface area contributed by atoms with E-state index in [1.54, 1.807) is 6.07 Å². The fourth-order valence-electron chi connectivity index (χ4n) is 3.57. The van der Waals surface area contributed by atoms with Crippen LogP contribution in [0.2, 0.25) is 0 Å². The van der Waals surface area contributed by atoms with Gasteiger partial charge in [-0.1, -0.05) is 26.2 Å². The largest absolute Gasteiger partial charge is 0.481 e. The van der Waals surface area contributed by atoms with E-state index in [4.69, 9.17) is 14.3 Å². The van der Waals surface area contributed by atoms with Crippen LogP contribution >= 0.6 is 0 Å². The summed E-state index contributed by atoms with van der Waals surface area (Å²) in [5.41, 5.74) is 3.09. The maximum Gasteiger partial charge on any atom is 0.341 e. The maximum absolute atomic E-state index is 12.1. The van der Waals surface area contributed by atoms with E-state index >= 15 is 0 Å². The Labute approximate surface area is 146 Å². The van der Waals surface area contributed by atoms with Gasteiger partial charge in [0.25, 0.3) is 0 Å². The van der Waals surface area contributed by atoms with E-state index in [9.17, 15) is 9.59 Å². The monoisotopic (exact) mass is 344 g/mol. The van der Waals surface area contributed by atoms with Crippen LogP contribution in [-0.2, 0) is 24.1 Å². The van der Waals surface area contributed by atoms with Crippen LogP contribution in [0.5, 0.6) is 5.75 Å². The molecule has 0 fully saturated rings. The maximum atomic E-state index is 12.1. The van der Waals surface area contributed by atoms with Gasteiger partial charge in [-0.2, -0.15) is 0 Å². The average molecular weight is 344 g/mol. The third-order valence-electron chi connectivity index (χ3n) is 4.81. The van der Waals surface area contributed by atoms with Gasteiger partial charge in [0.2, 0.25) is 0 Å². The topological polar surface area (TPSA) is 76.7 Å². The Morgan fingerprint density at radius 3 is 2.76 bits per heavy atom. The molecule has 0 unspecified atom stereocenters. The first kappa shape index (κ1) is 17.5. The molecule has 2 aromatic rings. The van der Waals surface area contributed by atoms with Gasteiger partial charge in [-0.3, -0.25) is 0 Å². The van der Waals surface area contributed by atoms with Gasteiger partial charge in [0, 0.05) is 17.0 Å². The molecule has 0 saturated carbocycles. The van der Waals surface area contributed by atoms with Crippen molar-refractivity contribution in [1.29, 1.82) is 0 Å². The summed E-state index contributed by atoms with van der Waals surface area (Å²) < 4.78 is 10.9. The molecule has 0 aliphatic heterocycles. The molecule has 1 heterocycles. The van der Waals surface area contributed by atoms with Crippen LogP contribution in [-0.4, -0.2) is 17.7 Å². The molecule has 1 aliphatic rings. The minimum absolute atomic E-state index is 0.278. The van der Waals surface area contributed by atoms with Gasteiger partial charge in [-0.25, -0.2) is 9.59 Å². The Bertz CT molecular complexity index is 834. The molecule has 1 aromatic heterocycles. The van der Waals surface area contributed by atoms with Crippen molar-refractivity contribution in [3.63, 3.8) is 0 Å². The molecule has 0 radical (unpaired) electrons. The molecule has 0 spiro atoms. The summed E-state index contributed by atoms with van der Waals surface area (Å²) in [7, 11) is 0. The first-order valence-corrected chi connectivity index (χ1v) is 9.06. The lowest BCUT2D eigenvalue weighted by Gasteiger charge is -2.13. The van der Waals surface area contributed by atoms with Crippen molar-refractivity contribution in [2.75, 3.05) is 6.61 Å². The van der Waals surface area contributed by atoms with Gasteiger partial charge in [0.1, 0.15) is 11.3 Å². The van der Waals surface area contributed by atoms with E-state index in [1.165, 1.54) is 12.8 Å². The number of aliphatic carboxylic acids is 1. The lowest BCUT2D eigenvalue weighted by Crippen LogP contribution is -2.11. The van der Waals surface area contributed by atoms with Crippen LogP contribution in [0.15, 0.2) is 21.3 Å². The number of carbonyl (C=O) groups is 1. The molecule has 134 valence electrons. The number of hydrogen-bond donors (Lipinski definition) is 1. The summed E-state index contributed by atoms with van der Waals surface area (Å²) in [5.74, 6) is -0.514. The molecule has 3 rings (SSSR count). The molecule has 0 bridgehead atoms. The molecule has 0 atom stereocenters. The van der Waals surface area contributed by atoms with Crippen LogP contribution in [0.3, 0.4) is 0 Å². The zero-order chi connectivity index (χ0) is 17.8. The van der Waals surface area contributed by atoms with E-state index in [0.29, 0.717) is 11.3 Å². The van der Waals surface area contributed by atoms with Crippen molar-refractivity contribution in [2.45, 2.75) is 58.3 Å². The van der Waals surface area contributed by atoms with Crippen LogP contribution in [0.25, 0.3) is 11.0 Å². The number of carboxylic acid groups (broad SMARTS) is 1. The zero-order valence-electron chi connectivity index (χ0n) is 14.6. The first-order chi connectivity index (χ1) is 12.1. The summed E-state index contributed by atoms with van der Waals surface area (Å²) in [6, 6.07) is 3.72. The van der Waals surface area contributed by atoms with Gasteiger partial charge in [-0.05, 0) is 49.3 Å². The zero-order valence-corrected chi connectivity index (χ0v) is 14.6. The van der Waals surface area contributed by atoms with Crippen molar-refractivity contribution in [2.24, 2.45) is 0 Å². The smallest absolute Gasteiger partial charge is 0.341 e. The highest BCUT2D eigenvalue weighted by atomic mass is 16.5. The highest BCUT2D eigenvalue weighted by Gasteiger charge is 2.21. The Kier molecular flexibility index (Phi) is 5.41. The van der Waals surface area contributed by atoms with Gasteiger partial charge in [0.05, 0.1) is 0 Å². The number of ether oxygens (including phenoxy) is 1. The van der Waals surface area contributed by atoms with Crippen molar-refractivity contribution in [1.82, 2.24) is 0 Å². The molecule has 5 heteroatoms. The molecular weight excluding hydrogens is 320 g/mol. The Hall–Kier alpha value is -2.30. The van der Waals surface area contributed by atoms with E-state index in [-0.39, 0.29) is 5.63 Å². The normalized spacial score (nSPS) is 13.2. The molecule has 1 aliphatic carbocycles. The number of hydrogen-bond acceptors (Lipinski definition) is 4. The fraction of sp³-hybridized carbons (Fsp3) is 0.500. The molecule has 1 N–H and O–H groups in total. The van der Waals surface area contributed by atoms with Crippen LogP contribution in [0.1, 0.15) is 55.7 Å². The Morgan fingerprint density at radius 2 is 2.00 bits per heavy atom. The lowest BCUT2D eigenvalue weighted by atomic mass is 10.00. The Balaban J connectivity index is 1.99. The van der Waals surface area contributed by atoms with Crippen molar-refractivity contribution in [3.8, 4) is 5.75 Å². The molecule has 0 amide bonds. The standard InChI is InChI=1S/C20H24O5/c1-2-3-4-5-7-13-10-16-14-8-6-9-15(14)20(23)25-18(16)11-17(13)24-12-19(21)22/h10-11H,2-9,12H2,1H3,(H,21,22). The summed E-state index contributed by atoms with van der Waals surface area (Å²) in [5, 5.41) is 9.87. The third-order valence-corrected chi connectivity index (χ3v) is 4.81. The number of unbranched alkanes of at least 4 members (excludes halogenated alkanes) is 3. The number of aryl methyl sites for hydroxylation is 2. The quantitative estimate of drug-likeness (QED) is 0.581. The van der Waals surface area contributed by atoms with E-state index in [0.717, 1.165) is 60.6 Å². The average Bonchev–Trinajstić information content (AvgIpc) is 3.07. The summed E-state index contributed by atoms with van der Waals surface area (Å²) in [6.45, 7) is 1.77. The van der Waals surface area contributed by atoms with E-state index in [1.807, 2.05) is 6.07 Å². The minimum atomic E-state index is -1.02. The Morgan fingerprint density at radius 1 is 1.20 bits per heavy atom. The lowest BCUT2D eigenvalue weighted by molar-refractivity contribution is -0.139. The van der Waals surface area contributed by atoms with Crippen LogP contribution in [0, 0.1) is 0 Å². The van der Waals surface area contributed by atoms with Crippen LogP contribution < -0.4 is 10.4 Å². The third kappa shape index (κ3) is 3.86. The fourth-order valence-corrected chi connectivity index (χ4v) is 3.57. The summed E-state index contributed by atoms with van der Waals surface area (Å²) >= 11 is 0. The SMILES string of the molecule is CCCCCCc1cc2c3c(c(=O)oc2cc1OCC(=O)O)CCC3. The van der Waals surface area contributed by atoms with Crippen LogP contribution in [0.4, 0.5) is 0 Å². The molecular formula is C20H24O5. The molecule has 5 nitrogen and oxygen atoms in total. The first-order valence-electron chi connectivity index (χ1n) is 9.06. The molecule has 1 aromatic carbocycles. The number of carboxylic acids is 1. The predicted molar refractivity (Wildman–Crippen MR) is 95.5 cm³/mol. The second-order valence-electron chi connectivity index (χ2n) is 6.65. The predicted octanol–water partition coefficient (Wildman–Crippen LogP) is 3.87. The second kappa shape index (κ2) is 7.72. The van der Waals surface area contributed by atoms with Gasteiger partial charge >= 0.3 is 11.6 Å². The van der Waals surface area contributed by atoms with Crippen molar-refractivity contribution >= 4 is 16.9 Å². The van der Waals surface area contributed by atoms with E-state index in [2.05, 4.69) is 6.92 Å². The minimum Gasteiger partial charge on any atom is -0.481 e. The van der Waals surface area contributed by atoms with Crippen molar-refractivity contribution < 1.29 is 19.1 Å².